The Hall–Kier alpha value is -4.18. The number of nitrogens with zero attached hydrogens (tertiary/aromatic N) is 3. The highest BCUT2D eigenvalue weighted by molar-refractivity contribution is 9.10. The number of benzene rings is 3. The Morgan fingerprint density at radius 1 is 0.479 bits per heavy atom. The molecule has 0 atom stereocenters. The number of aryl methyl sites for hydroxylation is 2. The van der Waals surface area contributed by atoms with Crippen LogP contribution in [0.1, 0.15) is 113 Å². The van der Waals surface area contributed by atoms with E-state index in [9.17, 15) is 14.4 Å². The van der Waals surface area contributed by atoms with Crippen LogP contribution < -0.4 is 31.1 Å². The fraction of sp³-hybridized carbons (Fsp3) is 0.518. The van der Waals surface area contributed by atoms with Crippen LogP contribution in [0.3, 0.4) is 0 Å². The molecule has 0 bridgehead atoms. The van der Waals surface area contributed by atoms with Gasteiger partial charge < -0.3 is 42.2 Å². The molecule has 15 heteroatoms. The predicted molar refractivity (Wildman–Crippen MR) is 305 cm³/mol. The topological polar surface area (TPSA) is 128 Å². The second-order valence-corrected chi connectivity index (χ2v) is 17.4. The molecule has 3 heterocycles. The number of halogens is 3. The second kappa shape index (κ2) is 36.7. The summed E-state index contributed by atoms with van der Waals surface area (Å²) in [7, 11) is 0. The Bertz CT molecular complexity index is 2480. The van der Waals surface area contributed by atoms with Gasteiger partial charge in [-0.15, -0.1) is 0 Å². The molecule has 0 radical (unpaired) electrons. The highest BCUT2D eigenvalue weighted by atomic mass is 79.9. The smallest absolute Gasteiger partial charge is 0.355 e. The molecule has 0 aliphatic carbocycles. The van der Waals surface area contributed by atoms with Gasteiger partial charge in [-0.1, -0.05) is 94.7 Å². The van der Waals surface area contributed by atoms with Gasteiger partial charge in [-0.05, 0) is 159 Å². The maximum Gasteiger partial charge on any atom is 0.355 e. The van der Waals surface area contributed by atoms with E-state index in [2.05, 4.69) is 88.1 Å². The van der Waals surface area contributed by atoms with Crippen molar-refractivity contribution in [2.45, 2.75) is 116 Å². The average molecular weight is 1140 g/mol. The van der Waals surface area contributed by atoms with Crippen molar-refractivity contribution >= 4 is 76.4 Å². The Morgan fingerprint density at radius 2 is 0.845 bits per heavy atom. The summed E-state index contributed by atoms with van der Waals surface area (Å²) in [6.07, 6.45) is 2.91. The summed E-state index contributed by atoms with van der Waals surface area (Å²) in [6.45, 7) is 40.2. The van der Waals surface area contributed by atoms with Crippen LogP contribution >= 0.6 is 43.5 Å². The van der Waals surface area contributed by atoms with E-state index >= 15 is 0 Å². The Morgan fingerprint density at radius 3 is 1.28 bits per heavy atom. The number of rotatable bonds is 21. The Labute approximate surface area is 445 Å². The van der Waals surface area contributed by atoms with E-state index in [0.717, 1.165) is 123 Å². The molecule has 0 spiro atoms. The molecule has 0 fully saturated rings. The van der Waals surface area contributed by atoms with Crippen LogP contribution in [0.2, 0.25) is 5.02 Å². The van der Waals surface area contributed by atoms with Gasteiger partial charge in [0.1, 0.15) is 48.0 Å². The molecule has 0 saturated heterocycles. The molecule has 3 aromatic carbocycles. The minimum Gasteiger partial charge on any atom is -0.493 e. The third-order valence-corrected chi connectivity index (χ3v) is 12.5. The molecular formula is C56H82Br2ClN3O9. The summed E-state index contributed by atoms with van der Waals surface area (Å²) >= 11 is 12.2. The Kier molecular flexibility index (Phi) is 33.5. The molecule has 6 aromatic rings. The van der Waals surface area contributed by atoms with E-state index in [0.29, 0.717) is 45.5 Å². The molecular weight excluding hydrogens is 1050 g/mol. The van der Waals surface area contributed by atoms with Gasteiger partial charge in [0.15, 0.2) is 0 Å². The highest BCUT2D eigenvalue weighted by Gasteiger charge is 2.12. The Balaban J connectivity index is 0.000000505. The quantitative estimate of drug-likeness (QED) is 0.0503. The molecule has 0 saturated carbocycles. The summed E-state index contributed by atoms with van der Waals surface area (Å²) in [5, 5.41) is 2.66. The minimum atomic E-state index is -0.518. The SMILES string of the molecule is CC.CC.CC.CCN(CC)CCCOc1ccc2cc(Br)c(=O)oc2c1.CCN(CC)CCCOc1ccc2cc(Br)c(=O)oc2c1C.CCN(CC)CCCOc1ccc2cc(Cl)c(=O)oc2c1C. The van der Waals surface area contributed by atoms with Crippen LogP contribution in [0.5, 0.6) is 17.2 Å². The number of ether oxygens (including phenoxy) is 3. The van der Waals surface area contributed by atoms with Crippen molar-refractivity contribution in [1.82, 2.24) is 14.7 Å². The van der Waals surface area contributed by atoms with E-state index in [1.54, 1.807) is 24.3 Å². The van der Waals surface area contributed by atoms with Crippen LogP contribution in [-0.4, -0.2) is 93.4 Å². The van der Waals surface area contributed by atoms with Gasteiger partial charge >= 0.3 is 16.9 Å². The minimum absolute atomic E-state index is 0.0970. The van der Waals surface area contributed by atoms with Crippen molar-refractivity contribution < 1.29 is 27.5 Å². The van der Waals surface area contributed by atoms with Crippen molar-refractivity contribution in [2.24, 2.45) is 0 Å². The lowest BCUT2D eigenvalue weighted by Crippen LogP contribution is -2.25. The molecule has 0 N–H and O–H groups in total. The molecule has 12 nitrogen and oxygen atoms in total. The summed E-state index contributed by atoms with van der Waals surface area (Å²) in [5.41, 5.74) is 2.11. The maximum atomic E-state index is 11.6. The first-order valence-corrected chi connectivity index (χ1v) is 27.5. The zero-order valence-corrected chi connectivity index (χ0v) is 49.0. The first-order valence-electron chi connectivity index (χ1n) is 25.5. The van der Waals surface area contributed by atoms with E-state index in [-0.39, 0.29) is 16.3 Å². The largest absolute Gasteiger partial charge is 0.493 e. The van der Waals surface area contributed by atoms with E-state index in [1.807, 2.05) is 91.8 Å². The summed E-state index contributed by atoms with van der Waals surface area (Å²) in [5.74, 6) is 2.25. The predicted octanol–water partition coefficient (Wildman–Crippen LogP) is 14.6. The fourth-order valence-corrected chi connectivity index (χ4v) is 7.88. The maximum absolute atomic E-state index is 11.6. The normalized spacial score (nSPS) is 10.6. The number of hydrogen-bond acceptors (Lipinski definition) is 12. The van der Waals surface area contributed by atoms with Crippen molar-refractivity contribution in [1.29, 1.82) is 0 Å². The standard InChI is InChI=1S/C17H22BrNO3.C17H22ClNO3.C16H20BrNO3.3C2H6/c2*1-4-19(5-2)9-6-10-21-15-8-7-13-11-14(18)17(20)22-16(13)12(15)3;1-3-18(4-2)8-5-9-20-13-7-6-12-10-14(17)16(19)21-15(12)11-13;3*1-2/h2*7-8,11H,4-6,9-10H2,1-3H3;6-7,10-11H,3-5,8-9H2,1-2H3;3*1-2H3. The zero-order valence-electron chi connectivity index (χ0n) is 45.0. The second-order valence-electron chi connectivity index (χ2n) is 15.2. The van der Waals surface area contributed by atoms with Gasteiger partial charge in [0, 0.05) is 53.0 Å². The summed E-state index contributed by atoms with van der Waals surface area (Å²) < 4.78 is 34.1. The van der Waals surface area contributed by atoms with Crippen LogP contribution in [0.25, 0.3) is 32.9 Å². The first-order chi connectivity index (χ1) is 34.3. The van der Waals surface area contributed by atoms with Crippen LogP contribution in [-0.2, 0) is 0 Å². The van der Waals surface area contributed by atoms with Crippen molar-refractivity contribution in [2.75, 3.05) is 78.7 Å². The molecule has 0 unspecified atom stereocenters. The van der Waals surface area contributed by atoms with Crippen LogP contribution in [0.4, 0.5) is 0 Å². The third kappa shape index (κ3) is 21.4. The lowest BCUT2D eigenvalue weighted by Gasteiger charge is -2.18. The number of hydrogen-bond donors (Lipinski definition) is 0. The zero-order chi connectivity index (χ0) is 53.5. The third-order valence-electron chi connectivity index (χ3n) is 11.1. The lowest BCUT2D eigenvalue weighted by atomic mass is 10.1. The molecule has 0 aliphatic heterocycles. The average Bonchev–Trinajstić information content (AvgIpc) is 3.39. The van der Waals surface area contributed by atoms with Gasteiger partial charge in [-0.25, -0.2) is 14.4 Å². The van der Waals surface area contributed by atoms with Crippen molar-refractivity contribution in [3.05, 3.63) is 117 Å². The van der Waals surface area contributed by atoms with Gasteiger partial charge in [0.2, 0.25) is 0 Å². The number of fused-ring (bicyclic) bond motifs is 3. The fourth-order valence-electron chi connectivity index (χ4n) is 7.07. The van der Waals surface area contributed by atoms with Gasteiger partial charge in [0.05, 0.1) is 19.8 Å². The van der Waals surface area contributed by atoms with Crippen LogP contribution in [0, 0.1) is 13.8 Å². The summed E-state index contributed by atoms with van der Waals surface area (Å²) in [4.78, 5) is 41.8. The first kappa shape index (κ1) is 64.8. The van der Waals surface area contributed by atoms with Crippen molar-refractivity contribution in [3.63, 3.8) is 0 Å². The molecule has 0 aliphatic rings. The molecule has 0 amide bonds. The van der Waals surface area contributed by atoms with E-state index in [4.69, 9.17) is 39.1 Å². The van der Waals surface area contributed by atoms with E-state index < -0.39 is 5.63 Å². The van der Waals surface area contributed by atoms with Gasteiger partial charge in [0.25, 0.3) is 0 Å². The monoisotopic (exact) mass is 1130 g/mol. The lowest BCUT2D eigenvalue weighted by molar-refractivity contribution is 0.248. The molecule has 71 heavy (non-hydrogen) atoms. The van der Waals surface area contributed by atoms with E-state index in [1.165, 1.54) is 0 Å². The highest BCUT2D eigenvalue weighted by Crippen LogP contribution is 2.29. The summed E-state index contributed by atoms with van der Waals surface area (Å²) in [6, 6.07) is 18.3. The van der Waals surface area contributed by atoms with Gasteiger partial charge in [-0.2, -0.15) is 0 Å². The molecule has 396 valence electrons. The molecule has 6 rings (SSSR count). The molecule has 3 aromatic heterocycles. The van der Waals surface area contributed by atoms with Crippen LogP contribution in [0.15, 0.2) is 97.2 Å². The van der Waals surface area contributed by atoms with Gasteiger partial charge in [-0.3, -0.25) is 0 Å². The van der Waals surface area contributed by atoms with Crippen molar-refractivity contribution in [3.8, 4) is 17.2 Å².